The van der Waals surface area contributed by atoms with Gasteiger partial charge < -0.3 is 5.73 Å². The summed E-state index contributed by atoms with van der Waals surface area (Å²) in [6, 6.07) is 9.98. The second-order valence-electron chi connectivity index (χ2n) is 5.37. The number of rotatable bonds is 3. The van der Waals surface area contributed by atoms with Crippen LogP contribution in [0, 0.1) is 0 Å². The number of carbonyl (C=O) groups is 1. The number of amides is 1. The Hall–Kier alpha value is -1.68. The van der Waals surface area contributed by atoms with E-state index in [0.717, 1.165) is 36.3 Å². The summed E-state index contributed by atoms with van der Waals surface area (Å²) in [7, 11) is 0. The number of benzene rings is 1. The third-order valence-corrected chi connectivity index (χ3v) is 5.28. The molecule has 2 N–H and O–H groups in total. The monoisotopic (exact) mass is 286 g/mol. The Labute approximate surface area is 122 Å². The first-order chi connectivity index (χ1) is 9.75. The van der Waals surface area contributed by atoms with Gasteiger partial charge in [0.05, 0.1) is 10.4 Å². The predicted octanol–water partition coefficient (Wildman–Crippen LogP) is 3.22. The zero-order valence-corrected chi connectivity index (χ0v) is 12.1. The maximum Gasteiger partial charge on any atom is 0.228 e. The summed E-state index contributed by atoms with van der Waals surface area (Å²) in [5.41, 5.74) is 6.30. The summed E-state index contributed by atoms with van der Waals surface area (Å²) in [6.07, 6.45) is 5.78. The minimum Gasteiger partial charge on any atom is -0.369 e. The minimum atomic E-state index is -0.600. The molecule has 3 rings (SSSR count). The van der Waals surface area contributed by atoms with E-state index < -0.39 is 5.41 Å². The Morgan fingerprint density at radius 1 is 1.30 bits per heavy atom. The molecule has 1 amide bonds. The molecule has 1 aromatic carbocycles. The van der Waals surface area contributed by atoms with Gasteiger partial charge in [-0.05, 0) is 18.4 Å². The molecule has 104 valence electrons. The molecular weight excluding hydrogens is 268 g/mol. The van der Waals surface area contributed by atoms with Gasteiger partial charge >= 0.3 is 0 Å². The van der Waals surface area contributed by atoms with Crippen molar-refractivity contribution in [3.63, 3.8) is 0 Å². The SMILES string of the molecule is NC(=O)C1(c2ccccc2)CCCCC1c1nccs1. The van der Waals surface area contributed by atoms with Crippen LogP contribution >= 0.6 is 11.3 Å². The van der Waals surface area contributed by atoms with Crippen molar-refractivity contribution < 1.29 is 4.79 Å². The molecule has 1 saturated carbocycles. The largest absolute Gasteiger partial charge is 0.369 e. The van der Waals surface area contributed by atoms with Crippen molar-refractivity contribution in [2.24, 2.45) is 5.73 Å². The number of hydrogen-bond donors (Lipinski definition) is 1. The van der Waals surface area contributed by atoms with Crippen LogP contribution in [0.5, 0.6) is 0 Å². The molecule has 1 aliphatic rings. The molecule has 1 aromatic heterocycles. The van der Waals surface area contributed by atoms with Crippen molar-refractivity contribution >= 4 is 17.2 Å². The quantitative estimate of drug-likeness (QED) is 0.941. The first kappa shape index (κ1) is 13.3. The molecule has 1 aliphatic carbocycles. The lowest BCUT2D eigenvalue weighted by atomic mass is 9.62. The van der Waals surface area contributed by atoms with E-state index >= 15 is 0 Å². The van der Waals surface area contributed by atoms with E-state index in [1.807, 2.05) is 41.9 Å². The number of primary amides is 1. The molecule has 0 aliphatic heterocycles. The van der Waals surface area contributed by atoms with E-state index in [4.69, 9.17) is 5.73 Å². The molecule has 4 heteroatoms. The van der Waals surface area contributed by atoms with Gasteiger partial charge in [-0.2, -0.15) is 0 Å². The number of aromatic nitrogens is 1. The highest BCUT2D eigenvalue weighted by Crippen LogP contribution is 2.49. The molecule has 0 saturated heterocycles. The van der Waals surface area contributed by atoms with Gasteiger partial charge in [-0.1, -0.05) is 43.2 Å². The molecule has 2 atom stereocenters. The van der Waals surface area contributed by atoms with Crippen molar-refractivity contribution in [2.45, 2.75) is 37.0 Å². The van der Waals surface area contributed by atoms with Crippen molar-refractivity contribution in [1.29, 1.82) is 0 Å². The topological polar surface area (TPSA) is 56.0 Å². The maximum atomic E-state index is 12.4. The number of nitrogens with two attached hydrogens (primary N) is 1. The van der Waals surface area contributed by atoms with Gasteiger partial charge in [-0.3, -0.25) is 4.79 Å². The molecule has 20 heavy (non-hydrogen) atoms. The fourth-order valence-corrected chi connectivity index (χ4v) is 4.30. The van der Waals surface area contributed by atoms with Gasteiger partial charge in [0.25, 0.3) is 0 Å². The minimum absolute atomic E-state index is 0.108. The molecule has 2 aromatic rings. The molecule has 1 fully saturated rings. The van der Waals surface area contributed by atoms with Gasteiger partial charge in [0.1, 0.15) is 0 Å². The van der Waals surface area contributed by atoms with Crippen molar-refractivity contribution in [3.8, 4) is 0 Å². The zero-order valence-electron chi connectivity index (χ0n) is 11.3. The summed E-state index contributed by atoms with van der Waals surface area (Å²) in [5.74, 6) is -0.111. The summed E-state index contributed by atoms with van der Waals surface area (Å²) >= 11 is 1.62. The molecule has 0 spiro atoms. The number of hydrogen-bond acceptors (Lipinski definition) is 3. The first-order valence-electron chi connectivity index (χ1n) is 7.00. The number of carbonyl (C=O) groups excluding carboxylic acids is 1. The van der Waals surface area contributed by atoms with E-state index in [-0.39, 0.29) is 11.8 Å². The third kappa shape index (κ3) is 2.04. The fraction of sp³-hybridized carbons (Fsp3) is 0.375. The summed E-state index contributed by atoms with van der Waals surface area (Å²) in [5, 5.41) is 3.01. The third-order valence-electron chi connectivity index (χ3n) is 4.39. The summed E-state index contributed by atoms with van der Waals surface area (Å²) in [6.45, 7) is 0. The van der Waals surface area contributed by atoms with Crippen LogP contribution in [0.1, 0.15) is 42.2 Å². The van der Waals surface area contributed by atoms with E-state index in [1.54, 1.807) is 11.3 Å². The van der Waals surface area contributed by atoms with Crippen LogP contribution in [0.2, 0.25) is 0 Å². The molecule has 1 heterocycles. The number of nitrogens with zero attached hydrogens (tertiary/aromatic N) is 1. The van der Waals surface area contributed by atoms with Gasteiger partial charge in [0.2, 0.25) is 5.91 Å². The van der Waals surface area contributed by atoms with E-state index in [2.05, 4.69) is 4.98 Å². The van der Waals surface area contributed by atoms with Gasteiger partial charge in [0, 0.05) is 17.5 Å². The number of thiazole rings is 1. The highest BCUT2D eigenvalue weighted by Gasteiger charge is 2.48. The maximum absolute atomic E-state index is 12.4. The van der Waals surface area contributed by atoms with Gasteiger partial charge in [0.15, 0.2) is 0 Å². The molecular formula is C16H18N2OS. The summed E-state index contributed by atoms with van der Waals surface area (Å²) < 4.78 is 0. The van der Waals surface area contributed by atoms with E-state index in [9.17, 15) is 4.79 Å². The highest BCUT2D eigenvalue weighted by molar-refractivity contribution is 7.09. The Balaban J connectivity index is 2.13. The van der Waals surface area contributed by atoms with Crippen LogP contribution < -0.4 is 5.73 Å². The smallest absolute Gasteiger partial charge is 0.228 e. The molecule has 3 nitrogen and oxygen atoms in total. The molecule has 0 radical (unpaired) electrons. The van der Waals surface area contributed by atoms with E-state index in [1.165, 1.54) is 0 Å². The first-order valence-corrected chi connectivity index (χ1v) is 7.88. The van der Waals surface area contributed by atoms with Crippen molar-refractivity contribution in [3.05, 3.63) is 52.5 Å². The predicted molar refractivity (Wildman–Crippen MR) is 80.6 cm³/mol. The second kappa shape index (κ2) is 5.37. The van der Waals surface area contributed by atoms with Crippen LogP contribution in [-0.2, 0) is 10.2 Å². The van der Waals surface area contributed by atoms with Crippen LogP contribution in [0.15, 0.2) is 41.9 Å². The molecule has 0 bridgehead atoms. The van der Waals surface area contributed by atoms with Gasteiger partial charge in [-0.15, -0.1) is 11.3 Å². The van der Waals surface area contributed by atoms with Gasteiger partial charge in [-0.25, -0.2) is 4.98 Å². The van der Waals surface area contributed by atoms with E-state index in [0.29, 0.717) is 0 Å². The lowest BCUT2D eigenvalue weighted by Gasteiger charge is -2.41. The summed E-state index contributed by atoms with van der Waals surface area (Å²) in [4.78, 5) is 16.8. The van der Waals surface area contributed by atoms with Crippen molar-refractivity contribution in [1.82, 2.24) is 4.98 Å². The lowest BCUT2D eigenvalue weighted by Crippen LogP contribution is -2.47. The average Bonchev–Trinajstić information content (AvgIpc) is 3.02. The standard InChI is InChI=1S/C16H18N2OS/c17-15(19)16(12-6-2-1-3-7-12)9-5-4-8-13(16)14-18-10-11-20-14/h1-3,6-7,10-11,13H,4-5,8-9H2,(H2,17,19). The van der Waals surface area contributed by atoms with Crippen LogP contribution in [0.25, 0.3) is 0 Å². The normalized spacial score (nSPS) is 26.3. The zero-order chi connectivity index (χ0) is 14.0. The Kier molecular flexibility index (Phi) is 3.57. The average molecular weight is 286 g/mol. The lowest BCUT2D eigenvalue weighted by molar-refractivity contribution is -0.125. The molecule has 2 unspecified atom stereocenters. The highest BCUT2D eigenvalue weighted by atomic mass is 32.1. The Morgan fingerprint density at radius 2 is 2.10 bits per heavy atom. The fourth-order valence-electron chi connectivity index (χ4n) is 3.43. The second-order valence-corrected chi connectivity index (χ2v) is 6.30. The van der Waals surface area contributed by atoms with Crippen LogP contribution in [0.3, 0.4) is 0 Å². The van der Waals surface area contributed by atoms with Crippen LogP contribution in [0.4, 0.5) is 0 Å². The van der Waals surface area contributed by atoms with Crippen molar-refractivity contribution in [2.75, 3.05) is 0 Å². The Morgan fingerprint density at radius 3 is 2.75 bits per heavy atom. The van der Waals surface area contributed by atoms with Crippen LogP contribution in [-0.4, -0.2) is 10.9 Å². The Bertz CT molecular complexity index is 582.